The Morgan fingerprint density at radius 3 is 2.56 bits per heavy atom. The Labute approximate surface area is 184 Å². The van der Waals surface area contributed by atoms with Crippen LogP contribution in [0.4, 0.5) is 31.7 Å². The molecule has 0 aliphatic carbocycles. The van der Waals surface area contributed by atoms with E-state index in [-0.39, 0.29) is 23.6 Å². The molecule has 0 amide bonds. The van der Waals surface area contributed by atoms with Crippen molar-refractivity contribution in [3.05, 3.63) is 71.4 Å². The van der Waals surface area contributed by atoms with Gasteiger partial charge in [0.2, 0.25) is 0 Å². The molecule has 1 aliphatic heterocycles. The fraction of sp³-hybridized carbons (Fsp3) is 0.261. The maximum atomic E-state index is 14.0. The summed E-state index contributed by atoms with van der Waals surface area (Å²) >= 11 is 0. The molecule has 0 radical (unpaired) electrons. The van der Waals surface area contributed by atoms with Crippen molar-refractivity contribution in [2.75, 3.05) is 41.8 Å². The van der Waals surface area contributed by atoms with Crippen LogP contribution in [0.1, 0.15) is 23.0 Å². The number of Topliss-reactive ketones (excluding diaryl/α,β-unsaturated/α-hetero) is 1. The van der Waals surface area contributed by atoms with Gasteiger partial charge in [-0.3, -0.25) is 4.79 Å². The van der Waals surface area contributed by atoms with Gasteiger partial charge in [0.05, 0.1) is 18.9 Å². The highest BCUT2D eigenvalue weighted by Gasteiger charge is 2.14. The summed E-state index contributed by atoms with van der Waals surface area (Å²) in [7, 11) is 0. The van der Waals surface area contributed by atoms with Crippen molar-refractivity contribution in [2.45, 2.75) is 13.5 Å². The Morgan fingerprint density at radius 2 is 1.84 bits per heavy atom. The van der Waals surface area contributed by atoms with Crippen molar-refractivity contribution in [2.24, 2.45) is 0 Å². The second-order valence-corrected chi connectivity index (χ2v) is 7.39. The molecule has 1 aromatic heterocycles. The minimum Gasteiger partial charge on any atom is -0.379 e. The number of ether oxygens (including phenoxy) is 1. The maximum Gasteiger partial charge on any atom is 0.182 e. The molecule has 3 aromatic rings. The zero-order valence-corrected chi connectivity index (χ0v) is 17.6. The molecule has 1 saturated heterocycles. The summed E-state index contributed by atoms with van der Waals surface area (Å²) in [5, 5.41) is 14.2. The van der Waals surface area contributed by atoms with Crippen LogP contribution in [0.15, 0.2) is 48.5 Å². The summed E-state index contributed by atoms with van der Waals surface area (Å²) in [6, 6.07) is 13.5. The van der Waals surface area contributed by atoms with Crippen LogP contribution in [0.5, 0.6) is 0 Å². The van der Waals surface area contributed by atoms with Crippen LogP contribution >= 0.6 is 0 Å². The molecule has 0 saturated carbocycles. The Balaban J connectivity index is 1.49. The molecule has 2 heterocycles. The molecule has 32 heavy (non-hydrogen) atoms. The summed E-state index contributed by atoms with van der Waals surface area (Å²) in [4.78, 5) is 14.2. The van der Waals surface area contributed by atoms with E-state index in [4.69, 9.17) is 4.74 Å². The summed E-state index contributed by atoms with van der Waals surface area (Å²) in [6.07, 6.45) is 0. The summed E-state index contributed by atoms with van der Waals surface area (Å²) in [6.45, 7) is 4.50. The third kappa shape index (κ3) is 5.00. The fourth-order valence-corrected chi connectivity index (χ4v) is 3.45. The Morgan fingerprint density at radius 1 is 1.09 bits per heavy atom. The van der Waals surface area contributed by atoms with Crippen molar-refractivity contribution in [1.82, 2.24) is 10.2 Å². The van der Waals surface area contributed by atoms with Crippen LogP contribution in [0.25, 0.3) is 0 Å². The van der Waals surface area contributed by atoms with Crippen LogP contribution in [-0.2, 0) is 11.3 Å². The number of nitrogens with one attached hydrogen (secondary N) is 2. The molecule has 9 heteroatoms. The van der Waals surface area contributed by atoms with E-state index in [9.17, 15) is 13.6 Å². The molecular formula is C23H23F2N5O2. The lowest BCUT2D eigenvalue weighted by Crippen LogP contribution is -2.36. The zero-order chi connectivity index (χ0) is 22.5. The number of nitrogens with zero attached hydrogens (tertiary/aromatic N) is 3. The van der Waals surface area contributed by atoms with Crippen molar-refractivity contribution >= 4 is 28.7 Å². The van der Waals surface area contributed by atoms with Gasteiger partial charge < -0.3 is 20.3 Å². The molecule has 1 fully saturated rings. The van der Waals surface area contributed by atoms with Crippen molar-refractivity contribution in [3.63, 3.8) is 0 Å². The van der Waals surface area contributed by atoms with Gasteiger partial charge in [-0.25, -0.2) is 8.78 Å². The standard InChI is InChI=1S/C23H23F2N5O2/c1-15(31)23-20(26-14-16-3-2-4-19(24)22(16)25)13-21(28-29-23)27-17-5-7-18(8-6-17)30-9-11-32-12-10-30/h2-8,13H,9-12,14H2,1H3,(H2,26,27,28). The minimum absolute atomic E-state index is 0.0107. The molecule has 2 aromatic carbocycles. The molecule has 2 N–H and O–H groups in total. The van der Waals surface area contributed by atoms with E-state index in [1.54, 1.807) is 6.07 Å². The molecule has 0 atom stereocenters. The van der Waals surface area contributed by atoms with Gasteiger partial charge in [0, 0.05) is 49.6 Å². The molecule has 0 unspecified atom stereocenters. The molecule has 7 nitrogen and oxygen atoms in total. The van der Waals surface area contributed by atoms with Crippen molar-refractivity contribution in [1.29, 1.82) is 0 Å². The van der Waals surface area contributed by atoms with Crippen LogP contribution in [0.3, 0.4) is 0 Å². The van der Waals surface area contributed by atoms with Gasteiger partial charge in [0.15, 0.2) is 28.9 Å². The largest absolute Gasteiger partial charge is 0.379 e. The molecule has 0 bridgehead atoms. The average molecular weight is 439 g/mol. The van der Waals surface area contributed by atoms with Crippen LogP contribution in [-0.4, -0.2) is 42.3 Å². The van der Waals surface area contributed by atoms with E-state index in [1.807, 2.05) is 24.3 Å². The number of hydrogen-bond acceptors (Lipinski definition) is 7. The second kappa shape index (κ2) is 9.69. The van der Waals surface area contributed by atoms with Gasteiger partial charge in [-0.15, -0.1) is 10.2 Å². The predicted molar refractivity (Wildman–Crippen MR) is 118 cm³/mol. The van der Waals surface area contributed by atoms with Crippen LogP contribution in [0.2, 0.25) is 0 Å². The summed E-state index contributed by atoms with van der Waals surface area (Å²) in [5.41, 5.74) is 2.55. The van der Waals surface area contributed by atoms with E-state index >= 15 is 0 Å². The van der Waals surface area contributed by atoms with Gasteiger partial charge in [0.1, 0.15) is 0 Å². The summed E-state index contributed by atoms with van der Waals surface area (Å²) < 4.78 is 32.8. The van der Waals surface area contributed by atoms with E-state index in [0.29, 0.717) is 24.7 Å². The lowest BCUT2D eigenvalue weighted by molar-refractivity contribution is 0.101. The minimum atomic E-state index is -0.926. The van der Waals surface area contributed by atoms with Crippen LogP contribution in [0, 0.1) is 11.6 Å². The average Bonchev–Trinajstić information content (AvgIpc) is 2.81. The Kier molecular flexibility index (Phi) is 6.55. The number of anilines is 4. The molecule has 0 spiro atoms. The monoisotopic (exact) mass is 439 g/mol. The van der Waals surface area contributed by atoms with E-state index in [2.05, 4.69) is 25.7 Å². The first-order valence-corrected chi connectivity index (χ1v) is 10.3. The first kappa shape index (κ1) is 21.6. The van der Waals surface area contributed by atoms with E-state index in [0.717, 1.165) is 30.5 Å². The first-order valence-electron chi connectivity index (χ1n) is 10.3. The number of benzene rings is 2. The number of rotatable bonds is 7. The number of ketones is 1. The number of hydrogen-bond donors (Lipinski definition) is 2. The zero-order valence-electron chi connectivity index (χ0n) is 17.6. The fourth-order valence-electron chi connectivity index (χ4n) is 3.45. The van der Waals surface area contributed by atoms with E-state index < -0.39 is 11.6 Å². The number of morpholine rings is 1. The Bertz CT molecular complexity index is 1100. The molecule has 4 rings (SSSR count). The van der Waals surface area contributed by atoms with Gasteiger partial charge in [-0.2, -0.15) is 0 Å². The third-order valence-corrected chi connectivity index (χ3v) is 5.14. The second-order valence-electron chi connectivity index (χ2n) is 7.39. The Hall–Kier alpha value is -3.59. The number of carbonyl (C=O) groups excluding carboxylic acids is 1. The van der Waals surface area contributed by atoms with Gasteiger partial charge >= 0.3 is 0 Å². The van der Waals surface area contributed by atoms with Gasteiger partial charge in [0.25, 0.3) is 0 Å². The van der Waals surface area contributed by atoms with Crippen molar-refractivity contribution < 1.29 is 18.3 Å². The normalized spacial score (nSPS) is 13.7. The van der Waals surface area contributed by atoms with E-state index in [1.165, 1.54) is 19.1 Å². The summed E-state index contributed by atoms with van der Waals surface area (Å²) in [5.74, 6) is -1.73. The first-order chi connectivity index (χ1) is 15.5. The molecular weight excluding hydrogens is 416 g/mol. The number of halogens is 2. The lowest BCUT2D eigenvalue weighted by Gasteiger charge is -2.28. The number of aromatic nitrogens is 2. The SMILES string of the molecule is CC(=O)c1nnc(Nc2ccc(N3CCOCC3)cc2)cc1NCc1cccc(F)c1F. The maximum absolute atomic E-state index is 14.0. The van der Waals surface area contributed by atoms with Crippen molar-refractivity contribution in [3.8, 4) is 0 Å². The quantitative estimate of drug-likeness (QED) is 0.536. The van der Waals surface area contributed by atoms with Gasteiger partial charge in [-0.1, -0.05) is 12.1 Å². The third-order valence-electron chi connectivity index (χ3n) is 5.14. The topological polar surface area (TPSA) is 79.4 Å². The highest BCUT2D eigenvalue weighted by Crippen LogP contribution is 2.24. The predicted octanol–water partition coefficient (Wildman–Crippen LogP) is 4.15. The lowest BCUT2D eigenvalue weighted by atomic mass is 10.2. The number of carbonyl (C=O) groups is 1. The van der Waals surface area contributed by atoms with Crippen LogP contribution < -0.4 is 15.5 Å². The highest BCUT2D eigenvalue weighted by molar-refractivity contribution is 5.97. The molecule has 166 valence electrons. The van der Waals surface area contributed by atoms with Gasteiger partial charge in [-0.05, 0) is 30.3 Å². The molecule has 1 aliphatic rings. The highest BCUT2D eigenvalue weighted by atomic mass is 19.2. The smallest absolute Gasteiger partial charge is 0.182 e.